The fraction of sp³-hybridized carbons (Fsp3) is 0.400. The van der Waals surface area contributed by atoms with Crippen LogP contribution in [0.4, 0.5) is 0 Å². The van der Waals surface area contributed by atoms with Crippen molar-refractivity contribution in [1.82, 2.24) is 14.7 Å². The van der Waals surface area contributed by atoms with Crippen LogP contribution in [0.3, 0.4) is 0 Å². The third kappa shape index (κ3) is 4.33. The molecule has 0 aliphatic carbocycles. The molecule has 2 aliphatic rings. The molecule has 0 bridgehead atoms. The smallest absolute Gasteiger partial charge is 0.257 e. The number of piperazine rings is 1. The Kier molecular flexibility index (Phi) is 6.44. The van der Waals surface area contributed by atoms with Crippen molar-refractivity contribution in [3.05, 3.63) is 65.7 Å². The number of likely N-dealkylation sites (tertiary alicyclic amines) is 1. The second-order valence-corrected chi connectivity index (χ2v) is 8.35. The Bertz CT molecular complexity index is 986. The predicted octanol–water partition coefficient (Wildman–Crippen LogP) is 2.59. The lowest BCUT2D eigenvalue weighted by Gasteiger charge is -2.36. The van der Waals surface area contributed by atoms with E-state index in [1.165, 1.54) is 0 Å². The number of hydrogen-bond donors (Lipinski definition) is 0. The van der Waals surface area contributed by atoms with Gasteiger partial charge < -0.3 is 19.4 Å². The summed E-state index contributed by atoms with van der Waals surface area (Å²) in [7, 11) is 1.55. The van der Waals surface area contributed by atoms with E-state index in [1.54, 1.807) is 33.9 Å². The summed E-state index contributed by atoms with van der Waals surface area (Å²) in [6.45, 7) is 4.31. The Labute approximate surface area is 188 Å². The molecule has 7 heteroatoms. The molecule has 4 rings (SSSR count). The quantitative estimate of drug-likeness (QED) is 0.724. The molecular formula is C25H29N3O4. The van der Waals surface area contributed by atoms with Gasteiger partial charge in [-0.15, -0.1) is 0 Å². The molecule has 168 valence electrons. The minimum absolute atomic E-state index is 0.00509. The second-order valence-electron chi connectivity index (χ2n) is 8.35. The van der Waals surface area contributed by atoms with Gasteiger partial charge in [0.1, 0.15) is 5.75 Å². The Morgan fingerprint density at radius 2 is 1.56 bits per heavy atom. The Hall–Kier alpha value is -3.35. The van der Waals surface area contributed by atoms with Crippen molar-refractivity contribution >= 4 is 17.7 Å². The average molecular weight is 436 g/mol. The molecular weight excluding hydrogens is 406 g/mol. The summed E-state index contributed by atoms with van der Waals surface area (Å²) in [6.07, 6.45) is 0.246. The van der Waals surface area contributed by atoms with E-state index in [0.29, 0.717) is 44.0 Å². The van der Waals surface area contributed by atoms with Crippen LogP contribution in [0.5, 0.6) is 5.75 Å². The van der Waals surface area contributed by atoms with Crippen LogP contribution in [-0.4, -0.2) is 72.3 Å². The summed E-state index contributed by atoms with van der Waals surface area (Å²) in [5.41, 5.74) is 1.60. The first-order chi connectivity index (χ1) is 15.5. The van der Waals surface area contributed by atoms with E-state index in [4.69, 9.17) is 4.74 Å². The molecule has 32 heavy (non-hydrogen) atoms. The normalized spacial score (nSPS) is 19.8. The Balaban J connectivity index is 1.35. The van der Waals surface area contributed by atoms with Gasteiger partial charge in [-0.3, -0.25) is 14.4 Å². The van der Waals surface area contributed by atoms with Gasteiger partial charge in [0.25, 0.3) is 5.91 Å². The third-order valence-corrected chi connectivity index (χ3v) is 6.47. The molecule has 2 unspecified atom stereocenters. The lowest BCUT2D eigenvalue weighted by molar-refractivity contribution is -0.137. The lowest BCUT2D eigenvalue weighted by Crippen LogP contribution is -2.52. The van der Waals surface area contributed by atoms with Crippen LogP contribution < -0.4 is 4.74 Å². The molecule has 2 heterocycles. The summed E-state index contributed by atoms with van der Waals surface area (Å²) in [6, 6.07) is 17.0. The van der Waals surface area contributed by atoms with Gasteiger partial charge in [0.05, 0.1) is 24.6 Å². The van der Waals surface area contributed by atoms with Gasteiger partial charge in [-0.2, -0.15) is 0 Å². The number of carbonyl (C=O) groups excluding carboxylic acids is 3. The molecule has 7 nitrogen and oxygen atoms in total. The molecule has 2 saturated heterocycles. The maximum absolute atomic E-state index is 13.1. The zero-order chi connectivity index (χ0) is 22.7. The van der Waals surface area contributed by atoms with Crippen molar-refractivity contribution in [1.29, 1.82) is 0 Å². The van der Waals surface area contributed by atoms with Crippen LogP contribution in [0, 0.1) is 5.92 Å². The van der Waals surface area contributed by atoms with Gasteiger partial charge in [-0.05, 0) is 24.6 Å². The molecule has 2 fully saturated rings. The van der Waals surface area contributed by atoms with Crippen LogP contribution in [0.2, 0.25) is 0 Å². The van der Waals surface area contributed by atoms with Crippen LogP contribution in [0.1, 0.15) is 35.3 Å². The topological polar surface area (TPSA) is 70.2 Å². The molecule has 2 aromatic rings. The van der Waals surface area contributed by atoms with Crippen LogP contribution in [-0.2, 0) is 9.59 Å². The highest BCUT2D eigenvalue weighted by Gasteiger charge is 2.39. The lowest BCUT2D eigenvalue weighted by atomic mass is 10.1. The molecule has 2 aliphatic heterocycles. The maximum Gasteiger partial charge on any atom is 0.257 e. The van der Waals surface area contributed by atoms with Crippen molar-refractivity contribution in [2.75, 3.05) is 39.8 Å². The number of benzene rings is 2. The summed E-state index contributed by atoms with van der Waals surface area (Å²) >= 11 is 0. The highest BCUT2D eigenvalue weighted by molar-refractivity contribution is 5.97. The standard InChI is InChI=1S/C25H29N3O4/c1-18(19-8-4-3-5-9-19)28-17-20(16-23(28)29)24(30)26-12-14-27(15-13-26)25(31)21-10-6-7-11-22(21)32-2/h3-11,18,20H,12-17H2,1-2H3. The molecule has 3 amide bonds. The average Bonchev–Trinajstić information content (AvgIpc) is 3.24. The molecule has 0 spiro atoms. The van der Waals surface area contributed by atoms with Gasteiger partial charge in [-0.1, -0.05) is 42.5 Å². The molecule has 0 aromatic heterocycles. The predicted molar refractivity (Wildman–Crippen MR) is 120 cm³/mol. The number of ether oxygens (including phenoxy) is 1. The van der Waals surface area contributed by atoms with Crippen LogP contribution in [0.15, 0.2) is 54.6 Å². The number of methoxy groups -OCH3 is 1. The molecule has 0 radical (unpaired) electrons. The van der Waals surface area contributed by atoms with E-state index in [9.17, 15) is 14.4 Å². The van der Waals surface area contributed by atoms with E-state index in [0.717, 1.165) is 5.56 Å². The van der Waals surface area contributed by atoms with Crippen LogP contribution in [0.25, 0.3) is 0 Å². The van der Waals surface area contributed by atoms with E-state index in [-0.39, 0.29) is 36.1 Å². The molecule has 0 saturated carbocycles. The Morgan fingerprint density at radius 1 is 0.938 bits per heavy atom. The van der Waals surface area contributed by atoms with Gasteiger partial charge in [0.15, 0.2) is 0 Å². The van der Waals surface area contributed by atoms with Crippen molar-refractivity contribution in [3.63, 3.8) is 0 Å². The number of amides is 3. The molecule has 2 aromatic carbocycles. The number of para-hydroxylation sites is 1. The summed E-state index contributed by atoms with van der Waals surface area (Å²) in [5, 5.41) is 0. The second kappa shape index (κ2) is 9.42. The van der Waals surface area contributed by atoms with Gasteiger partial charge in [-0.25, -0.2) is 0 Å². The fourth-order valence-electron chi connectivity index (χ4n) is 4.56. The number of rotatable bonds is 5. The number of nitrogens with zero attached hydrogens (tertiary/aromatic N) is 3. The highest BCUT2D eigenvalue weighted by atomic mass is 16.5. The molecule has 0 N–H and O–H groups in total. The minimum atomic E-state index is -0.329. The number of hydrogen-bond acceptors (Lipinski definition) is 4. The van der Waals surface area contributed by atoms with E-state index in [2.05, 4.69) is 0 Å². The zero-order valence-electron chi connectivity index (χ0n) is 18.6. The van der Waals surface area contributed by atoms with Crippen molar-refractivity contribution in [3.8, 4) is 5.75 Å². The third-order valence-electron chi connectivity index (χ3n) is 6.47. The zero-order valence-corrected chi connectivity index (χ0v) is 18.6. The van der Waals surface area contributed by atoms with E-state index in [1.807, 2.05) is 49.4 Å². The number of carbonyl (C=O) groups is 3. The van der Waals surface area contributed by atoms with E-state index >= 15 is 0 Å². The Morgan fingerprint density at radius 3 is 2.25 bits per heavy atom. The molecule has 2 atom stereocenters. The van der Waals surface area contributed by atoms with Gasteiger partial charge in [0, 0.05) is 39.1 Å². The van der Waals surface area contributed by atoms with Crippen molar-refractivity contribution in [2.45, 2.75) is 19.4 Å². The first-order valence-corrected chi connectivity index (χ1v) is 11.0. The summed E-state index contributed by atoms with van der Waals surface area (Å²) in [5.74, 6) is 0.155. The van der Waals surface area contributed by atoms with Gasteiger partial charge >= 0.3 is 0 Å². The summed E-state index contributed by atoms with van der Waals surface area (Å²) in [4.78, 5) is 44.0. The SMILES string of the molecule is COc1ccccc1C(=O)N1CCN(C(=O)C2CC(=O)N(C(C)c3ccccc3)C2)CC1. The first-order valence-electron chi connectivity index (χ1n) is 11.0. The van der Waals surface area contributed by atoms with Crippen molar-refractivity contribution in [2.24, 2.45) is 5.92 Å². The highest BCUT2D eigenvalue weighted by Crippen LogP contribution is 2.29. The van der Waals surface area contributed by atoms with Crippen LogP contribution >= 0.6 is 0 Å². The minimum Gasteiger partial charge on any atom is -0.496 e. The monoisotopic (exact) mass is 435 g/mol. The van der Waals surface area contributed by atoms with Gasteiger partial charge in [0.2, 0.25) is 11.8 Å². The maximum atomic E-state index is 13.1. The fourth-order valence-corrected chi connectivity index (χ4v) is 4.56. The largest absolute Gasteiger partial charge is 0.496 e. The van der Waals surface area contributed by atoms with E-state index < -0.39 is 0 Å². The van der Waals surface area contributed by atoms with Crippen molar-refractivity contribution < 1.29 is 19.1 Å². The summed E-state index contributed by atoms with van der Waals surface area (Å²) < 4.78 is 5.31. The first kappa shape index (κ1) is 21.9.